The number of nitrogens with one attached hydrogen (secondary N) is 3. The number of benzene rings is 1. The quantitative estimate of drug-likeness (QED) is 0.707. The van der Waals surface area contributed by atoms with Crippen LogP contribution in [0.4, 0.5) is 5.69 Å². The first-order valence-electron chi connectivity index (χ1n) is 6.88. The molecule has 5 heteroatoms. The van der Waals surface area contributed by atoms with Crippen LogP contribution in [0.15, 0.2) is 24.3 Å². The van der Waals surface area contributed by atoms with Crippen molar-refractivity contribution < 1.29 is 9.59 Å². The third-order valence-electron chi connectivity index (χ3n) is 3.23. The Hall–Kier alpha value is -1.88. The van der Waals surface area contributed by atoms with E-state index in [0.29, 0.717) is 5.92 Å². The molecule has 1 atom stereocenters. The van der Waals surface area contributed by atoms with Crippen molar-refractivity contribution in [3.05, 3.63) is 29.8 Å². The molecule has 0 heterocycles. The Bertz CT molecular complexity index is 460. The average Bonchev–Trinajstić information content (AvgIpc) is 2.46. The van der Waals surface area contributed by atoms with E-state index in [-0.39, 0.29) is 24.9 Å². The minimum atomic E-state index is -0.148. The second-order valence-corrected chi connectivity index (χ2v) is 4.72. The van der Waals surface area contributed by atoms with Crippen molar-refractivity contribution >= 4 is 17.5 Å². The van der Waals surface area contributed by atoms with E-state index in [4.69, 9.17) is 0 Å². The first kappa shape index (κ1) is 16.2. The van der Waals surface area contributed by atoms with Gasteiger partial charge in [0.25, 0.3) is 0 Å². The highest BCUT2D eigenvalue weighted by molar-refractivity contribution is 5.93. The van der Waals surface area contributed by atoms with Gasteiger partial charge in [-0.05, 0) is 24.0 Å². The number of anilines is 1. The Morgan fingerprint density at radius 3 is 2.45 bits per heavy atom. The van der Waals surface area contributed by atoms with Crippen LogP contribution in [-0.2, 0) is 9.59 Å². The lowest BCUT2D eigenvalue weighted by Crippen LogP contribution is -2.36. The zero-order valence-corrected chi connectivity index (χ0v) is 12.3. The van der Waals surface area contributed by atoms with Gasteiger partial charge < -0.3 is 10.6 Å². The minimum Gasteiger partial charge on any atom is -0.358 e. The summed E-state index contributed by atoms with van der Waals surface area (Å²) in [5.41, 5.74) is 1.98. The summed E-state index contributed by atoms with van der Waals surface area (Å²) in [5.74, 6) is 0.104. The maximum absolute atomic E-state index is 11.8. The van der Waals surface area contributed by atoms with Gasteiger partial charge in [-0.3, -0.25) is 14.9 Å². The number of amides is 2. The highest BCUT2D eigenvalue weighted by Gasteiger charge is 2.10. The van der Waals surface area contributed by atoms with Gasteiger partial charge >= 0.3 is 0 Å². The summed E-state index contributed by atoms with van der Waals surface area (Å²) in [7, 11) is 1.56. The number of hydrogen-bond donors (Lipinski definition) is 3. The van der Waals surface area contributed by atoms with E-state index >= 15 is 0 Å². The summed E-state index contributed by atoms with van der Waals surface area (Å²) >= 11 is 0. The van der Waals surface area contributed by atoms with Crippen LogP contribution in [0.1, 0.15) is 31.7 Å². The van der Waals surface area contributed by atoms with Crippen LogP contribution in [-0.4, -0.2) is 32.0 Å². The lowest BCUT2D eigenvalue weighted by molar-refractivity contribution is -0.119. The average molecular weight is 277 g/mol. The van der Waals surface area contributed by atoms with Gasteiger partial charge in [-0.1, -0.05) is 32.0 Å². The molecule has 0 spiro atoms. The van der Waals surface area contributed by atoms with Crippen LogP contribution >= 0.6 is 0 Å². The fourth-order valence-electron chi connectivity index (χ4n) is 1.83. The zero-order chi connectivity index (χ0) is 15.0. The number of para-hydroxylation sites is 1. The Morgan fingerprint density at radius 2 is 1.80 bits per heavy atom. The molecule has 110 valence electrons. The molecule has 0 saturated heterocycles. The molecule has 0 saturated carbocycles. The SMILES string of the molecule is CC[C@@H](C)c1ccccc1NC(=O)CNCC(=O)NC. The van der Waals surface area contributed by atoms with E-state index in [1.54, 1.807) is 7.05 Å². The van der Waals surface area contributed by atoms with Crippen molar-refractivity contribution in [3.63, 3.8) is 0 Å². The number of carbonyl (C=O) groups excluding carboxylic acids is 2. The smallest absolute Gasteiger partial charge is 0.238 e. The molecule has 20 heavy (non-hydrogen) atoms. The molecule has 2 amide bonds. The Labute approximate surface area is 120 Å². The summed E-state index contributed by atoms with van der Waals surface area (Å²) in [6.45, 7) is 4.50. The highest BCUT2D eigenvalue weighted by Crippen LogP contribution is 2.26. The molecule has 5 nitrogen and oxygen atoms in total. The fourth-order valence-corrected chi connectivity index (χ4v) is 1.83. The third kappa shape index (κ3) is 5.01. The van der Waals surface area contributed by atoms with E-state index < -0.39 is 0 Å². The summed E-state index contributed by atoms with van der Waals surface area (Å²) in [6.07, 6.45) is 1.02. The van der Waals surface area contributed by atoms with Gasteiger partial charge in [0, 0.05) is 12.7 Å². The molecule has 0 radical (unpaired) electrons. The van der Waals surface area contributed by atoms with Gasteiger partial charge in [-0.25, -0.2) is 0 Å². The Kier molecular flexibility index (Phi) is 6.73. The lowest BCUT2D eigenvalue weighted by atomic mass is 9.97. The Morgan fingerprint density at radius 1 is 1.15 bits per heavy atom. The van der Waals surface area contributed by atoms with Crippen LogP contribution in [0.5, 0.6) is 0 Å². The summed E-state index contributed by atoms with van der Waals surface area (Å²) in [5, 5.41) is 8.17. The van der Waals surface area contributed by atoms with E-state index in [0.717, 1.165) is 17.7 Å². The van der Waals surface area contributed by atoms with Crippen molar-refractivity contribution in [1.29, 1.82) is 0 Å². The number of hydrogen-bond acceptors (Lipinski definition) is 3. The van der Waals surface area contributed by atoms with E-state index in [2.05, 4.69) is 29.8 Å². The molecule has 1 rings (SSSR count). The van der Waals surface area contributed by atoms with Crippen molar-refractivity contribution in [2.24, 2.45) is 0 Å². The summed E-state index contributed by atoms with van der Waals surface area (Å²) in [6, 6.07) is 7.81. The molecule has 0 aliphatic carbocycles. The van der Waals surface area contributed by atoms with Crippen LogP contribution < -0.4 is 16.0 Å². The molecule has 0 unspecified atom stereocenters. The van der Waals surface area contributed by atoms with E-state index in [9.17, 15) is 9.59 Å². The normalized spacial score (nSPS) is 11.8. The van der Waals surface area contributed by atoms with Crippen molar-refractivity contribution in [3.8, 4) is 0 Å². The topological polar surface area (TPSA) is 70.2 Å². The predicted molar refractivity (Wildman–Crippen MR) is 80.7 cm³/mol. The van der Waals surface area contributed by atoms with E-state index in [1.807, 2.05) is 24.3 Å². The van der Waals surface area contributed by atoms with Crippen LogP contribution in [0, 0.1) is 0 Å². The highest BCUT2D eigenvalue weighted by atomic mass is 16.2. The molecule has 0 aromatic heterocycles. The van der Waals surface area contributed by atoms with E-state index in [1.165, 1.54) is 0 Å². The molecule has 0 fully saturated rings. The first-order chi connectivity index (χ1) is 9.58. The fraction of sp³-hybridized carbons (Fsp3) is 0.467. The van der Waals surface area contributed by atoms with Gasteiger partial charge in [0.2, 0.25) is 11.8 Å². The molecule has 3 N–H and O–H groups in total. The minimum absolute atomic E-state index is 0.113. The molecule has 1 aromatic rings. The van der Waals surface area contributed by atoms with Gasteiger partial charge in [0.1, 0.15) is 0 Å². The standard InChI is InChI=1S/C15H23N3O2/c1-4-11(2)12-7-5-6-8-13(12)18-15(20)10-17-9-14(19)16-3/h5-8,11,17H,4,9-10H2,1-3H3,(H,16,19)(H,18,20)/t11-/m1/s1. The predicted octanol–water partition coefficient (Wildman–Crippen LogP) is 1.47. The van der Waals surface area contributed by atoms with Gasteiger partial charge in [-0.15, -0.1) is 0 Å². The second kappa shape index (κ2) is 8.32. The maximum Gasteiger partial charge on any atom is 0.238 e. The molecule has 0 aliphatic heterocycles. The molecule has 1 aromatic carbocycles. The molecule has 0 bridgehead atoms. The Balaban J connectivity index is 2.55. The summed E-state index contributed by atoms with van der Waals surface area (Å²) in [4.78, 5) is 22.9. The first-order valence-corrected chi connectivity index (χ1v) is 6.88. The zero-order valence-electron chi connectivity index (χ0n) is 12.3. The van der Waals surface area contributed by atoms with Crippen molar-refractivity contribution in [2.75, 3.05) is 25.5 Å². The number of likely N-dealkylation sites (N-methyl/N-ethyl adjacent to an activating group) is 1. The van der Waals surface area contributed by atoms with Crippen LogP contribution in [0.3, 0.4) is 0 Å². The maximum atomic E-state index is 11.8. The van der Waals surface area contributed by atoms with Crippen LogP contribution in [0.25, 0.3) is 0 Å². The largest absolute Gasteiger partial charge is 0.358 e. The van der Waals surface area contributed by atoms with Gasteiger partial charge in [-0.2, -0.15) is 0 Å². The molecule has 0 aliphatic rings. The summed E-state index contributed by atoms with van der Waals surface area (Å²) < 4.78 is 0. The lowest BCUT2D eigenvalue weighted by Gasteiger charge is -2.15. The number of rotatable bonds is 7. The molecular weight excluding hydrogens is 254 g/mol. The van der Waals surface area contributed by atoms with Crippen molar-refractivity contribution in [2.45, 2.75) is 26.2 Å². The van der Waals surface area contributed by atoms with Crippen molar-refractivity contribution in [1.82, 2.24) is 10.6 Å². The van der Waals surface area contributed by atoms with Crippen LogP contribution in [0.2, 0.25) is 0 Å². The monoisotopic (exact) mass is 277 g/mol. The third-order valence-corrected chi connectivity index (χ3v) is 3.23. The van der Waals surface area contributed by atoms with Gasteiger partial charge in [0.15, 0.2) is 0 Å². The second-order valence-electron chi connectivity index (χ2n) is 4.72. The number of carbonyl (C=O) groups is 2. The molecular formula is C15H23N3O2. The van der Waals surface area contributed by atoms with Gasteiger partial charge in [0.05, 0.1) is 13.1 Å².